The molecule has 7 heteroatoms. The van der Waals surface area contributed by atoms with Crippen molar-refractivity contribution >= 4 is 5.91 Å². The number of carbonyl (C=O) groups is 1. The highest BCUT2D eigenvalue weighted by Gasteiger charge is 2.26. The zero-order valence-electron chi connectivity index (χ0n) is 18.1. The zero-order valence-corrected chi connectivity index (χ0v) is 18.1. The standard InChI is InChI=1S/C24H29N5O2/c1-17(2)21(29-14-12-18-7-3-4-8-19(18)16-29)15-26-22(30)10-11-23-27-24(28-31-23)20-9-5-6-13-25-20/h3-9,13,17,21H,10-12,14-16H2,1-2H3,(H,26,30)/t21-/m1/s1. The molecule has 1 atom stereocenters. The molecule has 2 aromatic heterocycles. The van der Waals surface area contributed by atoms with Crippen LogP contribution in [0.25, 0.3) is 11.5 Å². The topological polar surface area (TPSA) is 84.2 Å². The van der Waals surface area contributed by atoms with Crippen molar-refractivity contribution in [3.8, 4) is 11.5 Å². The molecule has 0 spiro atoms. The lowest BCUT2D eigenvalue weighted by atomic mass is 9.95. The first-order valence-electron chi connectivity index (χ1n) is 10.9. The van der Waals surface area contributed by atoms with E-state index in [0.29, 0.717) is 48.8 Å². The number of aromatic nitrogens is 3. The second-order valence-corrected chi connectivity index (χ2v) is 8.33. The Morgan fingerprint density at radius 2 is 1.97 bits per heavy atom. The summed E-state index contributed by atoms with van der Waals surface area (Å²) in [7, 11) is 0. The molecule has 1 amide bonds. The van der Waals surface area contributed by atoms with Crippen LogP contribution >= 0.6 is 0 Å². The molecule has 0 fully saturated rings. The third-order valence-electron chi connectivity index (χ3n) is 5.84. The number of benzene rings is 1. The van der Waals surface area contributed by atoms with E-state index < -0.39 is 0 Å². The van der Waals surface area contributed by atoms with Gasteiger partial charge >= 0.3 is 0 Å². The van der Waals surface area contributed by atoms with Gasteiger partial charge in [-0.25, -0.2) is 0 Å². The molecule has 3 heterocycles. The summed E-state index contributed by atoms with van der Waals surface area (Å²) in [6, 6.07) is 14.5. The van der Waals surface area contributed by atoms with E-state index in [-0.39, 0.29) is 5.91 Å². The summed E-state index contributed by atoms with van der Waals surface area (Å²) in [6.45, 7) is 7.03. The summed E-state index contributed by atoms with van der Waals surface area (Å²) < 4.78 is 5.27. The van der Waals surface area contributed by atoms with Gasteiger partial charge in [0.05, 0.1) is 0 Å². The molecule has 31 heavy (non-hydrogen) atoms. The van der Waals surface area contributed by atoms with Crippen molar-refractivity contribution in [2.75, 3.05) is 13.1 Å². The maximum Gasteiger partial charge on any atom is 0.227 e. The number of fused-ring (bicyclic) bond motifs is 1. The Kier molecular flexibility index (Phi) is 6.72. The van der Waals surface area contributed by atoms with Crippen LogP contribution in [0.5, 0.6) is 0 Å². The minimum Gasteiger partial charge on any atom is -0.355 e. The molecule has 0 unspecified atom stereocenters. The lowest BCUT2D eigenvalue weighted by Crippen LogP contribution is -2.48. The number of hydrogen-bond acceptors (Lipinski definition) is 6. The van der Waals surface area contributed by atoms with E-state index in [1.165, 1.54) is 11.1 Å². The van der Waals surface area contributed by atoms with Crippen LogP contribution in [0.2, 0.25) is 0 Å². The van der Waals surface area contributed by atoms with Gasteiger partial charge in [-0.1, -0.05) is 49.3 Å². The van der Waals surface area contributed by atoms with E-state index in [1.807, 2.05) is 18.2 Å². The number of carbonyl (C=O) groups excluding carboxylic acids is 1. The highest BCUT2D eigenvalue weighted by atomic mass is 16.5. The summed E-state index contributed by atoms with van der Waals surface area (Å²) in [4.78, 5) is 23.5. The van der Waals surface area contributed by atoms with Crippen LogP contribution in [0.1, 0.15) is 37.3 Å². The molecule has 7 nitrogen and oxygen atoms in total. The van der Waals surface area contributed by atoms with E-state index in [4.69, 9.17) is 4.52 Å². The Balaban J connectivity index is 1.28. The van der Waals surface area contributed by atoms with Crippen molar-refractivity contribution < 1.29 is 9.32 Å². The van der Waals surface area contributed by atoms with Crippen LogP contribution in [0.4, 0.5) is 0 Å². The fourth-order valence-electron chi connectivity index (χ4n) is 4.07. The summed E-state index contributed by atoms with van der Waals surface area (Å²) in [5, 5.41) is 7.07. The fourth-order valence-corrected chi connectivity index (χ4v) is 4.07. The molecule has 0 aliphatic carbocycles. The minimum atomic E-state index is 0.000598. The molecule has 1 aromatic carbocycles. The summed E-state index contributed by atoms with van der Waals surface area (Å²) >= 11 is 0. The smallest absolute Gasteiger partial charge is 0.227 e. The number of rotatable bonds is 8. The van der Waals surface area contributed by atoms with Gasteiger partial charge in [0.2, 0.25) is 17.6 Å². The Labute approximate surface area is 182 Å². The number of hydrogen-bond donors (Lipinski definition) is 1. The number of nitrogens with one attached hydrogen (secondary N) is 1. The van der Waals surface area contributed by atoms with E-state index in [2.05, 4.69) is 63.5 Å². The predicted octanol–water partition coefficient (Wildman–Crippen LogP) is 3.26. The van der Waals surface area contributed by atoms with Gasteiger partial charge in [-0.05, 0) is 35.6 Å². The lowest BCUT2D eigenvalue weighted by molar-refractivity contribution is -0.121. The van der Waals surface area contributed by atoms with Crippen LogP contribution in [-0.2, 0) is 24.2 Å². The number of pyridine rings is 1. The molecule has 0 saturated heterocycles. The van der Waals surface area contributed by atoms with Crippen LogP contribution < -0.4 is 5.32 Å². The Morgan fingerprint density at radius 3 is 2.74 bits per heavy atom. The molecule has 1 aliphatic rings. The van der Waals surface area contributed by atoms with Gasteiger partial charge in [0.15, 0.2) is 0 Å². The van der Waals surface area contributed by atoms with E-state index in [0.717, 1.165) is 19.5 Å². The van der Waals surface area contributed by atoms with Gasteiger partial charge in [-0.15, -0.1) is 0 Å². The molecular weight excluding hydrogens is 390 g/mol. The van der Waals surface area contributed by atoms with Gasteiger partial charge in [-0.2, -0.15) is 4.98 Å². The largest absolute Gasteiger partial charge is 0.355 e. The van der Waals surface area contributed by atoms with Crippen LogP contribution in [0, 0.1) is 5.92 Å². The fraction of sp³-hybridized carbons (Fsp3) is 0.417. The van der Waals surface area contributed by atoms with Crippen molar-refractivity contribution in [3.05, 3.63) is 65.7 Å². The minimum absolute atomic E-state index is 0.000598. The predicted molar refractivity (Wildman–Crippen MR) is 118 cm³/mol. The summed E-state index contributed by atoms with van der Waals surface area (Å²) in [5.41, 5.74) is 3.49. The van der Waals surface area contributed by atoms with Gasteiger partial charge < -0.3 is 9.84 Å². The van der Waals surface area contributed by atoms with Gasteiger partial charge in [0.1, 0.15) is 5.69 Å². The van der Waals surface area contributed by atoms with Crippen LogP contribution in [0.15, 0.2) is 53.2 Å². The first-order chi connectivity index (χ1) is 15.1. The molecule has 4 rings (SSSR count). The third-order valence-corrected chi connectivity index (χ3v) is 5.84. The van der Waals surface area contributed by atoms with E-state index >= 15 is 0 Å². The molecular formula is C24H29N5O2. The van der Waals surface area contributed by atoms with Gasteiger partial charge in [-0.3, -0.25) is 14.7 Å². The average molecular weight is 420 g/mol. The molecule has 1 N–H and O–H groups in total. The lowest BCUT2D eigenvalue weighted by Gasteiger charge is -2.38. The normalized spacial score (nSPS) is 14.9. The van der Waals surface area contributed by atoms with Crippen molar-refractivity contribution in [3.63, 3.8) is 0 Å². The van der Waals surface area contributed by atoms with Crippen LogP contribution in [-0.4, -0.2) is 45.1 Å². The average Bonchev–Trinajstić information content (AvgIpc) is 3.27. The van der Waals surface area contributed by atoms with Gasteiger partial charge in [0, 0.05) is 44.7 Å². The van der Waals surface area contributed by atoms with Crippen LogP contribution in [0.3, 0.4) is 0 Å². The molecule has 0 bridgehead atoms. The summed E-state index contributed by atoms with van der Waals surface area (Å²) in [5.74, 6) is 1.34. The van der Waals surface area contributed by atoms with Crippen molar-refractivity contribution in [1.29, 1.82) is 0 Å². The van der Waals surface area contributed by atoms with Crippen molar-refractivity contribution in [1.82, 2.24) is 25.3 Å². The Morgan fingerprint density at radius 1 is 1.16 bits per heavy atom. The van der Waals surface area contributed by atoms with Crippen molar-refractivity contribution in [2.45, 2.75) is 45.7 Å². The van der Waals surface area contributed by atoms with Gasteiger partial charge in [0.25, 0.3) is 0 Å². The molecule has 162 valence electrons. The maximum atomic E-state index is 12.5. The van der Waals surface area contributed by atoms with Crippen molar-refractivity contribution in [2.24, 2.45) is 5.92 Å². The third kappa shape index (κ3) is 5.35. The van der Waals surface area contributed by atoms with E-state index in [9.17, 15) is 4.79 Å². The second-order valence-electron chi connectivity index (χ2n) is 8.33. The first-order valence-corrected chi connectivity index (χ1v) is 10.9. The quantitative estimate of drug-likeness (QED) is 0.603. The molecule has 0 radical (unpaired) electrons. The highest BCUT2D eigenvalue weighted by molar-refractivity contribution is 5.76. The zero-order chi connectivity index (χ0) is 21.6. The number of nitrogens with zero attached hydrogens (tertiary/aromatic N) is 4. The Hall–Kier alpha value is -3.06. The second kappa shape index (κ2) is 9.83. The maximum absolute atomic E-state index is 12.5. The number of aryl methyl sites for hydroxylation is 1. The molecule has 3 aromatic rings. The highest BCUT2D eigenvalue weighted by Crippen LogP contribution is 2.23. The SMILES string of the molecule is CC(C)[C@@H](CNC(=O)CCc1nc(-c2ccccn2)no1)N1CCc2ccccc2C1. The monoisotopic (exact) mass is 419 g/mol. The number of amides is 1. The molecule has 0 saturated carbocycles. The van der Waals surface area contributed by atoms with E-state index in [1.54, 1.807) is 6.20 Å². The Bertz CT molecular complexity index is 1000. The first kappa shape index (κ1) is 21.2. The molecule has 1 aliphatic heterocycles. The summed E-state index contributed by atoms with van der Waals surface area (Å²) in [6.07, 6.45) is 3.47.